The van der Waals surface area contributed by atoms with Gasteiger partial charge in [0, 0.05) is 6.04 Å². The summed E-state index contributed by atoms with van der Waals surface area (Å²) in [6, 6.07) is 3.76. The molecule has 8 heteroatoms. The molecule has 0 bridgehead atoms. The van der Waals surface area contributed by atoms with Crippen LogP contribution in [0.15, 0.2) is 18.5 Å². The fraction of sp³-hybridized carbons (Fsp3) is 0.429. The van der Waals surface area contributed by atoms with E-state index >= 15 is 0 Å². The monoisotopic (exact) mass is 321 g/mol. The quantitative estimate of drug-likeness (QED) is 0.842. The third-order valence-electron chi connectivity index (χ3n) is 3.75. The van der Waals surface area contributed by atoms with Gasteiger partial charge < -0.3 is 15.8 Å². The average molecular weight is 322 g/mol. The highest BCUT2D eigenvalue weighted by molar-refractivity contribution is 6.29. The van der Waals surface area contributed by atoms with Crippen LogP contribution in [-0.4, -0.2) is 33.2 Å². The molecule has 2 heterocycles. The molecule has 3 N–H and O–H groups in total. The molecule has 0 aromatic carbocycles. The lowest BCUT2D eigenvalue weighted by Crippen LogP contribution is -2.32. The van der Waals surface area contributed by atoms with Crippen molar-refractivity contribution in [2.24, 2.45) is 5.73 Å². The first-order valence-electron chi connectivity index (χ1n) is 7.11. The number of nitrogens with one attached hydrogen (secondary N) is 1. The van der Waals surface area contributed by atoms with E-state index < -0.39 is 6.09 Å². The van der Waals surface area contributed by atoms with Gasteiger partial charge in [0.2, 0.25) is 0 Å². The van der Waals surface area contributed by atoms with E-state index in [1.54, 1.807) is 6.07 Å². The van der Waals surface area contributed by atoms with Crippen LogP contribution in [-0.2, 0) is 4.74 Å². The minimum Gasteiger partial charge on any atom is -0.446 e. The molecule has 7 nitrogen and oxygen atoms in total. The van der Waals surface area contributed by atoms with E-state index in [1.807, 2.05) is 6.07 Å². The molecule has 1 aliphatic carbocycles. The number of aromatic nitrogens is 3. The molecule has 3 rings (SSSR count). The van der Waals surface area contributed by atoms with Crippen LogP contribution in [0.3, 0.4) is 0 Å². The number of pyridine rings is 1. The van der Waals surface area contributed by atoms with E-state index in [2.05, 4.69) is 20.3 Å². The number of halogens is 1. The normalized spacial score (nSPS) is 21.5. The number of nitrogens with two attached hydrogens (primary N) is 1. The second kappa shape index (κ2) is 6.31. The third kappa shape index (κ3) is 3.36. The van der Waals surface area contributed by atoms with Crippen molar-refractivity contribution < 1.29 is 9.53 Å². The van der Waals surface area contributed by atoms with Gasteiger partial charge in [-0.1, -0.05) is 11.6 Å². The molecule has 0 spiro atoms. The maximum atomic E-state index is 10.8. The van der Waals surface area contributed by atoms with Gasteiger partial charge in [-0.15, -0.1) is 0 Å². The highest BCUT2D eigenvalue weighted by atomic mass is 35.5. The number of hydrogen-bond acceptors (Lipinski definition) is 6. The third-order valence-corrected chi connectivity index (χ3v) is 3.96. The minimum absolute atomic E-state index is 0.0923. The number of amides is 1. The summed E-state index contributed by atoms with van der Waals surface area (Å²) >= 11 is 5.95. The van der Waals surface area contributed by atoms with Crippen LogP contribution < -0.4 is 11.1 Å². The number of primary amides is 1. The lowest BCUT2D eigenvalue weighted by atomic mass is 9.93. The van der Waals surface area contributed by atoms with E-state index in [4.69, 9.17) is 22.1 Å². The van der Waals surface area contributed by atoms with E-state index in [1.165, 1.54) is 6.33 Å². The van der Waals surface area contributed by atoms with Crippen LogP contribution in [0, 0.1) is 0 Å². The minimum atomic E-state index is -0.711. The van der Waals surface area contributed by atoms with Crippen LogP contribution in [0.4, 0.5) is 10.6 Å². The summed E-state index contributed by atoms with van der Waals surface area (Å²) < 4.78 is 5.03. The maximum Gasteiger partial charge on any atom is 0.404 e. The summed E-state index contributed by atoms with van der Waals surface area (Å²) in [4.78, 5) is 23.5. The number of hydrogen-bond donors (Lipinski definition) is 2. The predicted octanol–water partition coefficient (Wildman–Crippen LogP) is 2.50. The number of anilines is 1. The SMILES string of the molecule is NC(=O)OC1CCC(Nc2ncnc3ccc(Cl)nc23)CC1. The summed E-state index contributed by atoms with van der Waals surface area (Å²) in [5, 5.41) is 3.79. The summed E-state index contributed by atoms with van der Waals surface area (Å²) in [5.74, 6) is 0.673. The van der Waals surface area contributed by atoms with Crippen molar-refractivity contribution in [1.29, 1.82) is 0 Å². The Hall–Kier alpha value is -2.15. The number of nitrogens with zero attached hydrogens (tertiary/aromatic N) is 3. The molecule has 1 saturated carbocycles. The van der Waals surface area contributed by atoms with Gasteiger partial charge in [-0.05, 0) is 37.8 Å². The van der Waals surface area contributed by atoms with Crippen LogP contribution in [0.5, 0.6) is 0 Å². The largest absolute Gasteiger partial charge is 0.446 e. The number of ether oxygens (including phenoxy) is 1. The van der Waals surface area contributed by atoms with Gasteiger partial charge in [-0.3, -0.25) is 0 Å². The summed E-state index contributed by atoms with van der Waals surface area (Å²) in [7, 11) is 0. The Kier molecular flexibility index (Phi) is 4.24. The molecule has 1 aliphatic rings. The van der Waals surface area contributed by atoms with Crippen molar-refractivity contribution in [2.45, 2.75) is 37.8 Å². The van der Waals surface area contributed by atoms with Gasteiger partial charge >= 0.3 is 6.09 Å². The topological polar surface area (TPSA) is 103 Å². The molecule has 1 fully saturated rings. The molecule has 0 atom stereocenters. The zero-order valence-corrected chi connectivity index (χ0v) is 12.6. The number of carbonyl (C=O) groups is 1. The average Bonchev–Trinajstić information content (AvgIpc) is 2.49. The summed E-state index contributed by atoms with van der Waals surface area (Å²) in [6.07, 6.45) is 3.98. The van der Waals surface area contributed by atoms with Crippen molar-refractivity contribution in [1.82, 2.24) is 15.0 Å². The van der Waals surface area contributed by atoms with Crippen molar-refractivity contribution in [2.75, 3.05) is 5.32 Å². The highest BCUT2D eigenvalue weighted by Crippen LogP contribution is 2.26. The Morgan fingerprint density at radius 3 is 2.77 bits per heavy atom. The molecule has 0 saturated heterocycles. The summed E-state index contributed by atoms with van der Waals surface area (Å²) in [6.45, 7) is 0. The molecule has 22 heavy (non-hydrogen) atoms. The molecule has 0 aliphatic heterocycles. The van der Waals surface area contributed by atoms with E-state index in [0.717, 1.165) is 31.2 Å². The van der Waals surface area contributed by atoms with Gasteiger partial charge in [-0.25, -0.2) is 19.7 Å². The first-order valence-corrected chi connectivity index (χ1v) is 7.49. The first-order chi connectivity index (χ1) is 10.6. The van der Waals surface area contributed by atoms with Crippen LogP contribution >= 0.6 is 11.6 Å². The van der Waals surface area contributed by atoms with Crippen LogP contribution in [0.1, 0.15) is 25.7 Å². The lowest BCUT2D eigenvalue weighted by molar-refractivity contribution is 0.0805. The second-order valence-corrected chi connectivity index (χ2v) is 5.67. The van der Waals surface area contributed by atoms with Gasteiger partial charge in [0.25, 0.3) is 0 Å². The van der Waals surface area contributed by atoms with Gasteiger partial charge in [0.1, 0.15) is 23.1 Å². The Morgan fingerprint density at radius 1 is 1.27 bits per heavy atom. The van der Waals surface area contributed by atoms with Crippen LogP contribution in [0.2, 0.25) is 5.15 Å². The van der Waals surface area contributed by atoms with Crippen molar-refractivity contribution in [3.63, 3.8) is 0 Å². The zero-order chi connectivity index (χ0) is 15.5. The fourth-order valence-electron chi connectivity index (χ4n) is 2.70. The number of carbonyl (C=O) groups excluding carboxylic acids is 1. The van der Waals surface area contributed by atoms with Crippen molar-refractivity contribution in [3.05, 3.63) is 23.6 Å². The van der Waals surface area contributed by atoms with E-state index in [-0.39, 0.29) is 12.1 Å². The molecule has 0 radical (unpaired) electrons. The first kappa shape index (κ1) is 14.8. The molecule has 2 aromatic heterocycles. The number of fused-ring (bicyclic) bond motifs is 1. The predicted molar refractivity (Wildman–Crippen MR) is 82.7 cm³/mol. The van der Waals surface area contributed by atoms with E-state index in [9.17, 15) is 4.79 Å². The standard InChI is InChI=1S/C14H16ClN5O2/c15-11-6-5-10-12(20-11)13(18-7-17-10)19-8-1-3-9(4-2-8)22-14(16)21/h5-9H,1-4H2,(H2,16,21)(H,17,18,19). The zero-order valence-electron chi connectivity index (χ0n) is 11.8. The number of rotatable bonds is 3. The smallest absolute Gasteiger partial charge is 0.404 e. The van der Waals surface area contributed by atoms with Crippen molar-refractivity contribution >= 4 is 34.5 Å². The maximum absolute atomic E-state index is 10.8. The molecule has 2 aromatic rings. The fourth-order valence-corrected chi connectivity index (χ4v) is 2.85. The Labute approximate surface area is 132 Å². The summed E-state index contributed by atoms with van der Waals surface area (Å²) in [5.41, 5.74) is 6.44. The molecule has 1 amide bonds. The molecular weight excluding hydrogens is 306 g/mol. The Balaban J connectivity index is 1.69. The Morgan fingerprint density at radius 2 is 2.05 bits per heavy atom. The molecule has 116 valence electrons. The van der Waals surface area contributed by atoms with E-state index in [0.29, 0.717) is 16.5 Å². The highest BCUT2D eigenvalue weighted by Gasteiger charge is 2.24. The van der Waals surface area contributed by atoms with Crippen molar-refractivity contribution in [3.8, 4) is 0 Å². The second-order valence-electron chi connectivity index (χ2n) is 5.28. The molecule has 0 unspecified atom stereocenters. The van der Waals surface area contributed by atoms with Crippen LogP contribution in [0.25, 0.3) is 11.0 Å². The molecular formula is C14H16ClN5O2. The van der Waals surface area contributed by atoms with Gasteiger partial charge in [0.15, 0.2) is 5.82 Å². The van der Waals surface area contributed by atoms with Gasteiger partial charge in [0.05, 0.1) is 5.52 Å². The van der Waals surface area contributed by atoms with Gasteiger partial charge in [-0.2, -0.15) is 0 Å². The lowest BCUT2D eigenvalue weighted by Gasteiger charge is -2.28. The Bertz CT molecular complexity index is 688.